The Morgan fingerprint density at radius 2 is 2.00 bits per heavy atom. The fraction of sp³-hybridized carbons (Fsp3) is 0.417. The molecule has 0 unspecified atom stereocenters. The third-order valence-corrected chi connectivity index (χ3v) is 3.58. The molecule has 1 aromatic carbocycles. The van der Waals surface area contributed by atoms with Gasteiger partial charge in [-0.25, -0.2) is 13.2 Å². The highest BCUT2D eigenvalue weighted by Crippen LogP contribution is 2.24. The van der Waals surface area contributed by atoms with Gasteiger partial charge < -0.3 is 14.7 Å². The van der Waals surface area contributed by atoms with Crippen LogP contribution in [0.4, 0.5) is 5.69 Å². The predicted molar refractivity (Wildman–Crippen MR) is 70.5 cm³/mol. The molecular weight excluding hydrogens is 270 g/mol. The summed E-state index contributed by atoms with van der Waals surface area (Å²) in [5, 5.41) is 9.19. The minimum atomic E-state index is -2.52. The van der Waals surface area contributed by atoms with Gasteiger partial charge in [-0.1, -0.05) is 6.07 Å². The molecule has 1 fully saturated rings. The van der Waals surface area contributed by atoms with Gasteiger partial charge in [-0.05, 0) is 17.7 Å². The molecule has 7 heteroatoms. The van der Waals surface area contributed by atoms with Crippen molar-refractivity contribution in [1.29, 1.82) is 0 Å². The molecule has 2 rings (SSSR count). The second-order valence-corrected chi connectivity index (χ2v) is 5.23. The number of carboxylic acids is 1. The third-order valence-electron chi connectivity index (χ3n) is 2.96. The van der Waals surface area contributed by atoms with Gasteiger partial charge in [0.1, 0.15) is 10.7 Å². The van der Waals surface area contributed by atoms with Crippen molar-refractivity contribution in [2.75, 3.05) is 31.2 Å². The number of anilines is 1. The summed E-state index contributed by atoms with van der Waals surface area (Å²) in [6.45, 7) is 2.29. The minimum absolute atomic E-state index is 0.0768. The van der Waals surface area contributed by atoms with Crippen molar-refractivity contribution < 1.29 is 23.1 Å². The van der Waals surface area contributed by atoms with Crippen molar-refractivity contribution in [2.24, 2.45) is 0 Å². The number of rotatable bonds is 4. The summed E-state index contributed by atoms with van der Waals surface area (Å²) in [6, 6.07) is 4.64. The van der Waals surface area contributed by atoms with E-state index < -0.39 is 16.7 Å². The molecule has 0 atom stereocenters. The maximum absolute atomic E-state index is 11.2. The van der Waals surface area contributed by atoms with Crippen LogP contribution >= 0.6 is 0 Å². The summed E-state index contributed by atoms with van der Waals surface area (Å²) >= 11 is 0. The molecule has 1 aliphatic heterocycles. The number of thiol groups is 1. The van der Waals surface area contributed by atoms with Gasteiger partial charge in [-0.3, -0.25) is 0 Å². The lowest BCUT2D eigenvalue weighted by molar-refractivity contribution is 0.0696. The molecule has 0 saturated carbocycles. The standard InChI is InChI=1S/C12H15NO5S/c14-12(15)10-2-1-9(8-19(16)17)7-11(10)13-3-5-18-6-4-13/h1-2,7,19H,3-6,8H2,(H,14,15). The fourth-order valence-corrected chi connectivity index (χ4v) is 2.57. The topological polar surface area (TPSA) is 83.9 Å². The fourth-order valence-electron chi connectivity index (χ4n) is 2.07. The average molecular weight is 285 g/mol. The molecule has 19 heavy (non-hydrogen) atoms. The van der Waals surface area contributed by atoms with Crippen LogP contribution in [0.15, 0.2) is 18.2 Å². The Hall–Kier alpha value is -1.60. The molecule has 1 heterocycles. The van der Waals surface area contributed by atoms with E-state index in [0.717, 1.165) is 0 Å². The van der Waals surface area contributed by atoms with E-state index in [1.54, 1.807) is 12.1 Å². The first kappa shape index (κ1) is 13.8. The third kappa shape index (κ3) is 3.45. The first-order valence-corrected chi connectivity index (χ1v) is 7.25. The second kappa shape index (κ2) is 6.03. The molecule has 0 spiro atoms. The molecule has 0 aromatic heterocycles. The van der Waals surface area contributed by atoms with E-state index in [0.29, 0.717) is 37.6 Å². The van der Waals surface area contributed by atoms with Gasteiger partial charge in [0.25, 0.3) is 0 Å². The van der Waals surface area contributed by atoms with Crippen molar-refractivity contribution >= 4 is 22.4 Å². The molecule has 1 aliphatic rings. The van der Waals surface area contributed by atoms with E-state index in [-0.39, 0.29) is 11.3 Å². The number of carbonyl (C=O) groups is 1. The van der Waals surface area contributed by atoms with Crippen LogP contribution in [0, 0.1) is 0 Å². The minimum Gasteiger partial charge on any atom is -0.478 e. The van der Waals surface area contributed by atoms with Crippen LogP contribution in [0.5, 0.6) is 0 Å². The molecule has 1 aromatic rings. The van der Waals surface area contributed by atoms with Gasteiger partial charge in [0.05, 0.1) is 30.2 Å². The summed E-state index contributed by atoms with van der Waals surface area (Å²) < 4.78 is 26.8. The van der Waals surface area contributed by atoms with E-state index >= 15 is 0 Å². The first-order valence-electron chi connectivity index (χ1n) is 5.88. The smallest absolute Gasteiger partial charge is 0.337 e. The largest absolute Gasteiger partial charge is 0.478 e. The number of hydrogen-bond donors (Lipinski definition) is 2. The molecule has 1 N–H and O–H groups in total. The van der Waals surface area contributed by atoms with Crippen LogP contribution in [0.2, 0.25) is 0 Å². The second-order valence-electron chi connectivity index (χ2n) is 4.25. The van der Waals surface area contributed by atoms with Gasteiger partial charge in [0.15, 0.2) is 0 Å². The molecule has 0 bridgehead atoms. The number of benzene rings is 1. The number of carboxylic acid groups (broad SMARTS) is 1. The molecule has 0 radical (unpaired) electrons. The quantitative estimate of drug-likeness (QED) is 0.776. The Morgan fingerprint density at radius 1 is 1.32 bits per heavy atom. The lowest BCUT2D eigenvalue weighted by Crippen LogP contribution is -2.37. The van der Waals surface area contributed by atoms with Crippen molar-refractivity contribution in [3.05, 3.63) is 29.3 Å². The Kier molecular flexibility index (Phi) is 4.39. The predicted octanol–water partition coefficient (Wildman–Crippen LogP) is 0.333. The van der Waals surface area contributed by atoms with Crippen LogP contribution in [0.25, 0.3) is 0 Å². The average Bonchev–Trinajstić information content (AvgIpc) is 2.38. The monoisotopic (exact) mass is 285 g/mol. The zero-order valence-corrected chi connectivity index (χ0v) is 11.1. The van der Waals surface area contributed by atoms with Crippen molar-refractivity contribution in [3.8, 4) is 0 Å². The summed E-state index contributed by atoms with van der Waals surface area (Å²) in [5.41, 5.74) is 1.35. The highest BCUT2D eigenvalue weighted by molar-refractivity contribution is 7.71. The molecule has 1 saturated heterocycles. The highest BCUT2D eigenvalue weighted by Gasteiger charge is 2.18. The van der Waals surface area contributed by atoms with Crippen molar-refractivity contribution in [2.45, 2.75) is 5.75 Å². The lowest BCUT2D eigenvalue weighted by Gasteiger charge is -2.30. The van der Waals surface area contributed by atoms with Crippen LogP contribution in [-0.2, 0) is 21.2 Å². The van der Waals surface area contributed by atoms with E-state index in [2.05, 4.69) is 0 Å². The molecular formula is C12H15NO5S. The molecule has 0 amide bonds. The summed E-state index contributed by atoms with van der Waals surface area (Å²) in [6.07, 6.45) is 0. The Balaban J connectivity index is 2.37. The summed E-state index contributed by atoms with van der Waals surface area (Å²) in [5.74, 6) is -1.09. The highest BCUT2D eigenvalue weighted by atomic mass is 32.2. The maximum Gasteiger partial charge on any atom is 0.337 e. The van der Waals surface area contributed by atoms with Crippen LogP contribution in [0.1, 0.15) is 15.9 Å². The van der Waals surface area contributed by atoms with Gasteiger partial charge in [0.2, 0.25) is 0 Å². The number of morpholine rings is 1. The van der Waals surface area contributed by atoms with Gasteiger partial charge in [-0.2, -0.15) is 0 Å². The van der Waals surface area contributed by atoms with E-state index in [9.17, 15) is 18.3 Å². The lowest BCUT2D eigenvalue weighted by atomic mass is 10.1. The van der Waals surface area contributed by atoms with Crippen LogP contribution in [0.3, 0.4) is 0 Å². The number of nitrogens with zero attached hydrogens (tertiary/aromatic N) is 1. The Morgan fingerprint density at radius 3 is 2.58 bits per heavy atom. The van der Waals surface area contributed by atoms with E-state index in [1.807, 2.05) is 4.90 Å². The molecule has 6 nitrogen and oxygen atoms in total. The van der Waals surface area contributed by atoms with Crippen molar-refractivity contribution in [3.63, 3.8) is 0 Å². The molecule has 104 valence electrons. The maximum atomic E-state index is 11.2. The van der Waals surface area contributed by atoms with Gasteiger partial charge >= 0.3 is 5.97 Å². The summed E-state index contributed by atoms with van der Waals surface area (Å²) in [7, 11) is -2.52. The van der Waals surface area contributed by atoms with Gasteiger partial charge in [-0.15, -0.1) is 0 Å². The first-order chi connectivity index (χ1) is 9.08. The van der Waals surface area contributed by atoms with Crippen LogP contribution in [-0.4, -0.2) is 45.8 Å². The molecule has 0 aliphatic carbocycles. The van der Waals surface area contributed by atoms with Crippen LogP contribution < -0.4 is 4.90 Å². The normalized spacial score (nSPS) is 15.7. The van der Waals surface area contributed by atoms with Crippen molar-refractivity contribution in [1.82, 2.24) is 0 Å². The van der Waals surface area contributed by atoms with E-state index in [4.69, 9.17) is 4.74 Å². The summed E-state index contributed by atoms with van der Waals surface area (Å²) in [4.78, 5) is 13.1. The van der Waals surface area contributed by atoms with Gasteiger partial charge in [0, 0.05) is 13.1 Å². The Bertz CT molecular complexity index is 541. The number of aromatic carboxylic acids is 1. The number of ether oxygens (including phenoxy) is 1. The zero-order chi connectivity index (χ0) is 13.8. The van der Waals surface area contributed by atoms with E-state index in [1.165, 1.54) is 6.07 Å². The Labute approximate surface area is 112 Å². The number of hydrogen-bond acceptors (Lipinski definition) is 5. The SMILES string of the molecule is O=C(O)c1ccc(C[SH](=O)=O)cc1N1CCOCC1. The zero-order valence-electron chi connectivity index (χ0n) is 10.2.